The standard InChI is InChI=1S/C14H7Cl2FN2O2/c15-9-5-10(16)13(20)12-11(9)14(21)19(6-18-12)8-3-1-7(17)2-4-8/h1-6,20H. The van der Waals surface area contributed by atoms with Crippen LogP contribution in [-0.4, -0.2) is 14.7 Å². The summed E-state index contributed by atoms with van der Waals surface area (Å²) >= 11 is 11.8. The number of halogens is 3. The molecule has 0 spiro atoms. The first-order chi connectivity index (χ1) is 9.99. The van der Waals surface area contributed by atoms with Crippen molar-refractivity contribution in [2.24, 2.45) is 0 Å². The predicted octanol–water partition coefficient (Wildman–Crippen LogP) is 3.54. The maximum atomic E-state index is 12.9. The van der Waals surface area contributed by atoms with Crippen molar-refractivity contribution in [3.63, 3.8) is 0 Å². The molecule has 0 aliphatic heterocycles. The van der Waals surface area contributed by atoms with E-state index in [1.165, 1.54) is 41.2 Å². The fourth-order valence-corrected chi connectivity index (χ4v) is 2.53. The van der Waals surface area contributed by atoms with Gasteiger partial charge in [0.25, 0.3) is 5.56 Å². The molecule has 21 heavy (non-hydrogen) atoms. The Bertz CT molecular complexity index is 907. The lowest BCUT2D eigenvalue weighted by Crippen LogP contribution is -2.19. The van der Waals surface area contributed by atoms with Gasteiger partial charge in [0, 0.05) is 0 Å². The minimum Gasteiger partial charge on any atom is -0.504 e. The fourth-order valence-electron chi connectivity index (χ4n) is 2.00. The Morgan fingerprint density at radius 2 is 1.81 bits per heavy atom. The van der Waals surface area contributed by atoms with E-state index >= 15 is 0 Å². The van der Waals surface area contributed by atoms with Gasteiger partial charge in [0.1, 0.15) is 17.7 Å². The molecule has 1 heterocycles. The molecule has 1 N–H and O–H groups in total. The van der Waals surface area contributed by atoms with Crippen molar-refractivity contribution < 1.29 is 9.50 Å². The maximum absolute atomic E-state index is 12.9. The summed E-state index contributed by atoms with van der Waals surface area (Å²) in [7, 11) is 0. The minimum absolute atomic E-state index is 0.0129. The van der Waals surface area contributed by atoms with E-state index in [0.717, 1.165) is 0 Å². The lowest BCUT2D eigenvalue weighted by molar-refractivity contribution is 0.480. The summed E-state index contributed by atoms with van der Waals surface area (Å²) in [6, 6.07) is 6.61. The number of benzene rings is 2. The Morgan fingerprint density at radius 1 is 1.14 bits per heavy atom. The molecular weight excluding hydrogens is 318 g/mol. The largest absolute Gasteiger partial charge is 0.504 e. The van der Waals surface area contributed by atoms with Crippen LogP contribution in [0.25, 0.3) is 16.6 Å². The first-order valence-corrected chi connectivity index (χ1v) is 6.59. The Balaban J connectivity index is 2.36. The van der Waals surface area contributed by atoms with Crippen molar-refractivity contribution in [1.29, 1.82) is 0 Å². The third-order valence-electron chi connectivity index (χ3n) is 3.02. The van der Waals surface area contributed by atoms with E-state index in [1.54, 1.807) is 0 Å². The molecule has 0 fully saturated rings. The molecule has 0 saturated carbocycles. The molecule has 2 aromatic carbocycles. The van der Waals surface area contributed by atoms with Crippen LogP contribution in [0.5, 0.6) is 5.75 Å². The Kier molecular flexibility index (Phi) is 3.31. The molecule has 0 saturated heterocycles. The second-order valence-electron chi connectivity index (χ2n) is 4.31. The molecule has 4 nitrogen and oxygen atoms in total. The van der Waals surface area contributed by atoms with Crippen molar-refractivity contribution in [3.05, 3.63) is 62.9 Å². The number of hydrogen-bond acceptors (Lipinski definition) is 3. The molecule has 106 valence electrons. The van der Waals surface area contributed by atoms with Gasteiger partial charge in [-0.1, -0.05) is 23.2 Å². The quantitative estimate of drug-likeness (QED) is 0.744. The van der Waals surface area contributed by atoms with Gasteiger partial charge in [-0.3, -0.25) is 9.36 Å². The van der Waals surface area contributed by atoms with Crippen molar-refractivity contribution in [2.45, 2.75) is 0 Å². The molecule has 0 amide bonds. The monoisotopic (exact) mass is 324 g/mol. The van der Waals surface area contributed by atoms with Crippen LogP contribution in [0.2, 0.25) is 10.0 Å². The molecule has 3 rings (SSSR count). The molecule has 0 atom stereocenters. The van der Waals surface area contributed by atoms with Gasteiger partial charge in [0.05, 0.1) is 21.1 Å². The molecule has 1 aromatic heterocycles. The molecule has 0 bridgehead atoms. The van der Waals surface area contributed by atoms with Gasteiger partial charge in [0.2, 0.25) is 0 Å². The predicted molar refractivity (Wildman–Crippen MR) is 79.0 cm³/mol. The first kappa shape index (κ1) is 13.9. The molecular formula is C14H7Cl2FN2O2. The zero-order valence-electron chi connectivity index (χ0n) is 10.3. The topological polar surface area (TPSA) is 55.1 Å². The number of fused-ring (bicyclic) bond motifs is 1. The van der Waals surface area contributed by atoms with Crippen LogP contribution in [0, 0.1) is 5.82 Å². The average molecular weight is 325 g/mol. The second kappa shape index (κ2) is 5.02. The molecule has 3 aromatic rings. The summed E-state index contributed by atoms with van der Waals surface area (Å²) in [6.07, 6.45) is 1.23. The average Bonchev–Trinajstić information content (AvgIpc) is 2.45. The third kappa shape index (κ3) is 2.24. The Morgan fingerprint density at radius 3 is 2.48 bits per heavy atom. The van der Waals surface area contributed by atoms with Crippen molar-refractivity contribution >= 4 is 34.1 Å². The normalized spacial score (nSPS) is 11.0. The van der Waals surface area contributed by atoms with Crippen molar-refractivity contribution in [1.82, 2.24) is 9.55 Å². The van der Waals surface area contributed by atoms with Gasteiger partial charge in [-0.2, -0.15) is 0 Å². The van der Waals surface area contributed by atoms with E-state index in [9.17, 15) is 14.3 Å². The molecule has 0 aliphatic carbocycles. The summed E-state index contributed by atoms with van der Waals surface area (Å²) in [4.78, 5) is 16.5. The molecule has 0 aliphatic rings. The lowest BCUT2D eigenvalue weighted by atomic mass is 10.2. The Labute approximate surface area is 128 Å². The number of hydrogen-bond donors (Lipinski definition) is 1. The van der Waals surface area contributed by atoms with Crippen LogP contribution in [0.15, 0.2) is 41.5 Å². The van der Waals surface area contributed by atoms with Gasteiger partial charge in [-0.15, -0.1) is 0 Å². The summed E-state index contributed by atoms with van der Waals surface area (Å²) in [5.41, 5.74) is -0.0271. The maximum Gasteiger partial charge on any atom is 0.267 e. The number of aromatic hydroxyl groups is 1. The van der Waals surface area contributed by atoms with E-state index in [1.807, 2.05) is 0 Å². The van der Waals surface area contributed by atoms with E-state index in [-0.39, 0.29) is 26.7 Å². The molecule has 0 radical (unpaired) electrons. The van der Waals surface area contributed by atoms with Crippen molar-refractivity contribution in [3.8, 4) is 11.4 Å². The van der Waals surface area contributed by atoms with Gasteiger partial charge in [-0.05, 0) is 30.3 Å². The summed E-state index contributed by atoms with van der Waals surface area (Å²) < 4.78 is 14.2. The zero-order valence-corrected chi connectivity index (χ0v) is 11.9. The zero-order chi connectivity index (χ0) is 15.1. The van der Waals surface area contributed by atoms with Crippen molar-refractivity contribution in [2.75, 3.05) is 0 Å². The number of aromatic nitrogens is 2. The SMILES string of the molecule is O=c1c2c(Cl)cc(Cl)c(O)c2ncn1-c1ccc(F)cc1. The number of nitrogens with zero attached hydrogens (tertiary/aromatic N) is 2. The highest BCUT2D eigenvalue weighted by Gasteiger charge is 2.15. The number of rotatable bonds is 1. The van der Waals surface area contributed by atoms with Gasteiger partial charge in [-0.25, -0.2) is 9.37 Å². The highest BCUT2D eigenvalue weighted by atomic mass is 35.5. The summed E-state index contributed by atoms with van der Waals surface area (Å²) in [6.45, 7) is 0. The van der Waals surface area contributed by atoms with Gasteiger partial charge >= 0.3 is 0 Å². The van der Waals surface area contributed by atoms with E-state index in [0.29, 0.717) is 5.69 Å². The molecule has 0 unspecified atom stereocenters. The van der Waals surface area contributed by atoms with E-state index in [4.69, 9.17) is 23.2 Å². The summed E-state index contributed by atoms with van der Waals surface area (Å²) in [5, 5.41) is 10.00. The van der Waals surface area contributed by atoms with Crippen LogP contribution >= 0.6 is 23.2 Å². The van der Waals surface area contributed by atoms with Gasteiger partial charge < -0.3 is 5.11 Å². The van der Waals surface area contributed by atoms with Crippen LogP contribution < -0.4 is 5.56 Å². The van der Waals surface area contributed by atoms with E-state index < -0.39 is 11.4 Å². The van der Waals surface area contributed by atoms with E-state index in [2.05, 4.69) is 4.98 Å². The lowest BCUT2D eigenvalue weighted by Gasteiger charge is -2.09. The van der Waals surface area contributed by atoms with Crippen LogP contribution in [0.3, 0.4) is 0 Å². The van der Waals surface area contributed by atoms with Crippen LogP contribution in [0.1, 0.15) is 0 Å². The number of phenols is 1. The second-order valence-corrected chi connectivity index (χ2v) is 5.12. The highest BCUT2D eigenvalue weighted by molar-refractivity contribution is 6.39. The first-order valence-electron chi connectivity index (χ1n) is 5.83. The Hall–Kier alpha value is -2.11. The minimum atomic E-state index is -0.483. The number of phenolic OH excluding ortho intramolecular Hbond substituents is 1. The van der Waals surface area contributed by atoms with Gasteiger partial charge in [0.15, 0.2) is 5.75 Å². The van der Waals surface area contributed by atoms with Crippen LogP contribution in [-0.2, 0) is 0 Å². The molecule has 7 heteroatoms. The highest BCUT2D eigenvalue weighted by Crippen LogP contribution is 2.34. The summed E-state index contributed by atoms with van der Waals surface area (Å²) in [5.74, 6) is -0.720. The van der Waals surface area contributed by atoms with Crippen LogP contribution in [0.4, 0.5) is 4.39 Å². The smallest absolute Gasteiger partial charge is 0.267 e. The fraction of sp³-hybridized carbons (Fsp3) is 0. The third-order valence-corrected chi connectivity index (χ3v) is 3.61.